The lowest BCUT2D eigenvalue weighted by atomic mass is 10.1. The smallest absolute Gasteiger partial charge is 0.236 e. The van der Waals surface area contributed by atoms with Gasteiger partial charge in [0.25, 0.3) is 0 Å². The topological polar surface area (TPSA) is 46.3 Å². The molecule has 0 saturated carbocycles. The van der Waals surface area contributed by atoms with Crippen LogP contribution in [-0.2, 0) is 11.2 Å². The fourth-order valence-corrected chi connectivity index (χ4v) is 1.91. The molecular weight excluding hydrogens is 176 g/mol. The summed E-state index contributed by atoms with van der Waals surface area (Å²) in [5.74, 6) is -0.264. The molecule has 1 aromatic rings. The first-order chi connectivity index (χ1) is 6.66. The zero-order valence-electron chi connectivity index (χ0n) is 8.29. The van der Waals surface area contributed by atoms with E-state index in [1.165, 1.54) is 16.8 Å². The normalized spacial score (nSPS) is 14.2. The molecule has 1 aromatic carbocycles. The molecule has 3 heteroatoms. The van der Waals surface area contributed by atoms with E-state index in [1.807, 2.05) is 4.90 Å². The summed E-state index contributed by atoms with van der Waals surface area (Å²) in [7, 11) is 0. The van der Waals surface area contributed by atoms with Crippen LogP contribution in [0.25, 0.3) is 0 Å². The molecule has 0 fully saturated rings. The second-order valence-electron chi connectivity index (χ2n) is 3.77. The molecule has 0 bridgehead atoms. The number of amides is 1. The first kappa shape index (κ1) is 9.06. The van der Waals surface area contributed by atoms with Crippen molar-refractivity contribution in [3.63, 3.8) is 0 Å². The number of nitrogens with two attached hydrogens (primary N) is 1. The van der Waals surface area contributed by atoms with Gasteiger partial charge in [-0.3, -0.25) is 4.79 Å². The van der Waals surface area contributed by atoms with Crippen LogP contribution in [0.5, 0.6) is 0 Å². The van der Waals surface area contributed by atoms with E-state index in [-0.39, 0.29) is 5.91 Å². The zero-order chi connectivity index (χ0) is 10.1. The van der Waals surface area contributed by atoms with Gasteiger partial charge < -0.3 is 10.6 Å². The van der Waals surface area contributed by atoms with Crippen LogP contribution in [0.15, 0.2) is 18.2 Å². The minimum Gasteiger partial charge on any atom is -0.368 e. The maximum atomic E-state index is 10.8. The maximum absolute atomic E-state index is 10.8. The lowest BCUT2D eigenvalue weighted by Crippen LogP contribution is -2.32. The van der Waals surface area contributed by atoms with E-state index in [9.17, 15) is 4.79 Å². The third-order valence-electron chi connectivity index (χ3n) is 2.58. The highest BCUT2D eigenvalue weighted by atomic mass is 16.1. The molecule has 2 rings (SSSR count). The van der Waals surface area contributed by atoms with Crippen LogP contribution in [0.2, 0.25) is 0 Å². The highest BCUT2D eigenvalue weighted by Crippen LogP contribution is 2.28. The summed E-state index contributed by atoms with van der Waals surface area (Å²) in [6, 6.07) is 6.35. The molecule has 2 N–H and O–H groups in total. The molecule has 1 amide bonds. The van der Waals surface area contributed by atoms with Crippen molar-refractivity contribution in [3.05, 3.63) is 29.3 Å². The second kappa shape index (κ2) is 3.33. The van der Waals surface area contributed by atoms with Crippen LogP contribution in [0, 0.1) is 6.92 Å². The second-order valence-corrected chi connectivity index (χ2v) is 3.77. The predicted molar refractivity (Wildman–Crippen MR) is 56.3 cm³/mol. The van der Waals surface area contributed by atoms with Gasteiger partial charge in [0.05, 0.1) is 6.54 Å². The average molecular weight is 190 g/mol. The number of fused-ring (bicyclic) bond motifs is 1. The van der Waals surface area contributed by atoms with Crippen LogP contribution < -0.4 is 10.6 Å². The number of aryl methyl sites for hydroxylation is 1. The third-order valence-corrected chi connectivity index (χ3v) is 2.58. The summed E-state index contributed by atoms with van der Waals surface area (Å²) in [5, 5.41) is 0. The zero-order valence-corrected chi connectivity index (χ0v) is 8.29. The molecule has 0 radical (unpaired) electrons. The predicted octanol–water partition coefficient (Wildman–Crippen LogP) is 0.843. The van der Waals surface area contributed by atoms with Crippen molar-refractivity contribution >= 4 is 11.6 Å². The van der Waals surface area contributed by atoms with Gasteiger partial charge >= 0.3 is 0 Å². The van der Waals surface area contributed by atoms with Gasteiger partial charge in [-0.05, 0) is 30.5 Å². The van der Waals surface area contributed by atoms with Crippen molar-refractivity contribution in [2.75, 3.05) is 18.0 Å². The summed E-state index contributed by atoms with van der Waals surface area (Å²) >= 11 is 0. The monoisotopic (exact) mass is 190 g/mol. The Bertz CT molecular complexity index is 374. The Labute approximate surface area is 83.5 Å². The molecule has 0 saturated heterocycles. The summed E-state index contributed by atoms with van der Waals surface area (Å²) in [4.78, 5) is 12.9. The molecule has 14 heavy (non-hydrogen) atoms. The molecular formula is C11H14N2O. The Kier molecular flexibility index (Phi) is 2.15. The average Bonchev–Trinajstić information content (AvgIpc) is 2.47. The highest BCUT2D eigenvalue weighted by Gasteiger charge is 2.19. The number of anilines is 1. The van der Waals surface area contributed by atoms with Crippen molar-refractivity contribution < 1.29 is 4.79 Å². The van der Waals surface area contributed by atoms with Gasteiger partial charge in [-0.2, -0.15) is 0 Å². The van der Waals surface area contributed by atoms with Crippen LogP contribution in [0.3, 0.4) is 0 Å². The van der Waals surface area contributed by atoms with Gasteiger partial charge in [0.15, 0.2) is 0 Å². The molecule has 0 aliphatic carbocycles. The van der Waals surface area contributed by atoms with Crippen LogP contribution in [-0.4, -0.2) is 19.0 Å². The number of hydrogen-bond donors (Lipinski definition) is 1. The lowest BCUT2D eigenvalue weighted by Gasteiger charge is -2.17. The summed E-state index contributed by atoms with van der Waals surface area (Å²) < 4.78 is 0. The Morgan fingerprint density at radius 2 is 2.36 bits per heavy atom. The number of hydrogen-bond acceptors (Lipinski definition) is 2. The molecule has 1 aliphatic rings. The number of rotatable bonds is 2. The number of primary amides is 1. The van der Waals surface area contributed by atoms with Gasteiger partial charge in [0.1, 0.15) is 0 Å². The third kappa shape index (κ3) is 1.58. The largest absolute Gasteiger partial charge is 0.368 e. The van der Waals surface area contributed by atoms with E-state index in [0.717, 1.165) is 13.0 Å². The van der Waals surface area contributed by atoms with Crippen molar-refractivity contribution in [2.24, 2.45) is 5.73 Å². The van der Waals surface area contributed by atoms with E-state index in [1.54, 1.807) is 0 Å². The van der Waals surface area contributed by atoms with Crippen LogP contribution in [0.1, 0.15) is 11.1 Å². The first-order valence-electron chi connectivity index (χ1n) is 4.79. The molecule has 1 heterocycles. The van der Waals surface area contributed by atoms with Gasteiger partial charge in [-0.15, -0.1) is 0 Å². The van der Waals surface area contributed by atoms with E-state index < -0.39 is 0 Å². The van der Waals surface area contributed by atoms with Crippen LogP contribution in [0.4, 0.5) is 5.69 Å². The summed E-state index contributed by atoms with van der Waals surface area (Å²) in [6.07, 6.45) is 1.02. The number of nitrogens with zero attached hydrogens (tertiary/aromatic N) is 1. The van der Waals surface area contributed by atoms with Gasteiger partial charge in [0, 0.05) is 12.2 Å². The Morgan fingerprint density at radius 1 is 1.57 bits per heavy atom. The SMILES string of the molecule is Cc1ccc2c(c1)N(CC(N)=O)CC2. The fourth-order valence-electron chi connectivity index (χ4n) is 1.91. The van der Waals surface area contributed by atoms with Gasteiger partial charge in [-0.1, -0.05) is 12.1 Å². The molecule has 3 nitrogen and oxygen atoms in total. The quantitative estimate of drug-likeness (QED) is 0.751. The highest BCUT2D eigenvalue weighted by molar-refractivity contribution is 5.80. The van der Waals surface area contributed by atoms with Crippen LogP contribution >= 0.6 is 0 Å². The number of benzene rings is 1. The van der Waals surface area contributed by atoms with Gasteiger partial charge in [0.2, 0.25) is 5.91 Å². The molecule has 74 valence electrons. The van der Waals surface area contributed by atoms with Crippen molar-refractivity contribution in [1.29, 1.82) is 0 Å². The summed E-state index contributed by atoms with van der Waals surface area (Å²) in [6.45, 7) is 3.29. The van der Waals surface area contributed by atoms with E-state index in [2.05, 4.69) is 25.1 Å². The fraction of sp³-hybridized carbons (Fsp3) is 0.364. The van der Waals surface area contributed by atoms with E-state index in [0.29, 0.717) is 6.54 Å². The van der Waals surface area contributed by atoms with Crippen molar-refractivity contribution in [3.8, 4) is 0 Å². The van der Waals surface area contributed by atoms with E-state index in [4.69, 9.17) is 5.73 Å². The minimum absolute atomic E-state index is 0.264. The summed E-state index contributed by atoms with van der Waals surface area (Å²) in [5.41, 5.74) is 8.90. The number of carbonyl (C=O) groups is 1. The Hall–Kier alpha value is -1.51. The van der Waals surface area contributed by atoms with Gasteiger partial charge in [-0.25, -0.2) is 0 Å². The molecule has 0 spiro atoms. The standard InChI is InChI=1S/C11H14N2O/c1-8-2-3-9-4-5-13(7-11(12)14)10(9)6-8/h2-3,6H,4-5,7H2,1H3,(H2,12,14). The molecule has 0 aromatic heterocycles. The number of carbonyl (C=O) groups excluding carboxylic acids is 1. The minimum atomic E-state index is -0.264. The molecule has 1 aliphatic heterocycles. The molecule has 0 unspecified atom stereocenters. The molecule has 0 atom stereocenters. The Balaban J connectivity index is 2.28. The maximum Gasteiger partial charge on any atom is 0.236 e. The Morgan fingerprint density at radius 3 is 3.07 bits per heavy atom. The lowest BCUT2D eigenvalue weighted by molar-refractivity contribution is -0.116. The van der Waals surface area contributed by atoms with Crippen molar-refractivity contribution in [1.82, 2.24) is 0 Å². The van der Waals surface area contributed by atoms with Crippen molar-refractivity contribution in [2.45, 2.75) is 13.3 Å². The first-order valence-corrected chi connectivity index (χ1v) is 4.79. The van der Waals surface area contributed by atoms with E-state index >= 15 is 0 Å².